The molecule has 4 nitrogen and oxygen atoms in total. The summed E-state index contributed by atoms with van der Waals surface area (Å²) in [6, 6.07) is 0. The Bertz CT molecular complexity index is 245. The van der Waals surface area contributed by atoms with Crippen molar-refractivity contribution < 1.29 is 19.4 Å². The smallest absolute Gasteiger partial charge is 0.323 e. The fourth-order valence-electron chi connectivity index (χ4n) is 1.32. The van der Waals surface area contributed by atoms with E-state index in [1.54, 1.807) is 0 Å². The minimum Gasteiger partial charge on any atom is -0.480 e. The van der Waals surface area contributed by atoms with Gasteiger partial charge in [-0.25, -0.2) is 0 Å². The number of carbonyl (C=O) groups is 2. The maximum absolute atomic E-state index is 11.1. The Morgan fingerprint density at radius 1 is 1.75 bits per heavy atom. The third kappa shape index (κ3) is 0.913. The Balaban J connectivity index is 2.85. The molecule has 0 aliphatic heterocycles. The molecule has 12 heavy (non-hydrogen) atoms. The van der Waals surface area contributed by atoms with Crippen LogP contribution >= 0.6 is 0 Å². The summed E-state index contributed by atoms with van der Waals surface area (Å²) in [5.41, 5.74) is -1.34. The van der Waals surface area contributed by atoms with Gasteiger partial charge < -0.3 is 9.84 Å². The monoisotopic (exact) mass is 170 g/mol. The molecule has 0 aromatic heterocycles. The van der Waals surface area contributed by atoms with E-state index in [9.17, 15) is 9.59 Å². The van der Waals surface area contributed by atoms with Crippen molar-refractivity contribution >= 4 is 11.9 Å². The fourth-order valence-corrected chi connectivity index (χ4v) is 1.32. The molecule has 0 bridgehead atoms. The van der Waals surface area contributed by atoms with E-state index in [2.05, 4.69) is 11.3 Å². The number of ether oxygens (including phenoxy) is 1. The summed E-state index contributed by atoms with van der Waals surface area (Å²) in [5, 5.41) is 8.76. The van der Waals surface area contributed by atoms with Crippen molar-refractivity contribution in [2.24, 2.45) is 11.3 Å². The highest BCUT2D eigenvalue weighted by atomic mass is 16.5. The van der Waals surface area contributed by atoms with Crippen LogP contribution < -0.4 is 0 Å². The van der Waals surface area contributed by atoms with Crippen LogP contribution in [-0.2, 0) is 14.3 Å². The van der Waals surface area contributed by atoms with Gasteiger partial charge in [0.1, 0.15) is 0 Å². The van der Waals surface area contributed by atoms with E-state index in [4.69, 9.17) is 5.11 Å². The summed E-state index contributed by atoms with van der Waals surface area (Å²) in [6.07, 6.45) is 1.78. The maximum Gasteiger partial charge on any atom is 0.323 e. The normalized spacial score (nSPS) is 32.2. The predicted octanol–water partition coefficient (Wildman–Crippen LogP) is 0.436. The Morgan fingerprint density at radius 3 is 2.58 bits per heavy atom. The number of hydrogen-bond donors (Lipinski definition) is 1. The van der Waals surface area contributed by atoms with Crippen LogP contribution in [0.3, 0.4) is 0 Å². The second-order valence-corrected chi connectivity index (χ2v) is 2.81. The summed E-state index contributed by atoms with van der Waals surface area (Å²) in [6.45, 7) is 3.45. The molecule has 0 spiro atoms. The number of allylic oxidation sites excluding steroid dienone is 1. The fraction of sp³-hybridized carbons (Fsp3) is 0.500. The Morgan fingerprint density at radius 2 is 2.33 bits per heavy atom. The van der Waals surface area contributed by atoms with Crippen LogP contribution in [0.2, 0.25) is 0 Å². The summed E-state index contributed by atoms with van der Waals surface area (Å²) in [7, 11) is 1.19. The molecular formula is C8H10O4. The first-order valence-electron chi connectivity index (χ1n) is 3.54. The second kappa shape index (κ2) is 2.62. The summed E-state index contributed by atoms with van der Waals surface area (Å²) in [4.78, 5) is 21.8. The SMILES string of the molecule is C=C[C@@H]1C[C@]1(C(=O)O)C(=O)OC. The molecule has 1 rings (SSSR count). The summed E-state index contributed by atoms with van der Waals surface area (Å²) >= 11 is 0. The average molecular weight is 170 g/mol. The van der Waals surface area contributed by atoms with Gasteiger partial charge >= 0.3 is 11.9 Å². The minimum absolute atomic E-state index is 0.276. The zero-order valence-corrected chi connectivity index (χ0v) is 6.74. The number of carbonyl (C=O) groups excluding carboxylic acids is 1. The third-order valence-corrected chi connectivity index (χ3v) is 2.23. The van der Waals surface area contributed by atoms with Gasteiger partial charge in [-0.15, -0.1) is 6.58 Å². The van der Waals surface area contributed by atoms with E-state index < -0.39 is 17.4 Å². The molecule has 2 atom stereocenters. The summed E-state index contributed by atoms with van der Waals surface area (Å²) < 4.78 is 4.40. The van der Waals surface area contributed by atoms with Crippen molar-refractivity contribution in [1.82, 2.24) is 0 Å². The first kappa shape index (κ1) is 8.77. The topological polar surface area (TPSA) is 63.6 Å². The van der Waals surface area contributed by atoms with Gasteiger partial charge in [-0.1, -0.05) is 6.08 Å². The van der Waals surface area contributed by atoms with Crippen LogP contribution in [0.5, 0.6) is 0 Å². The van der Waals surface area contributed by atoms with Crippen molar-refractivity contribution in [2.45, 2.75) is 6.42 Å². The highest BCUT2D eigenvalue weighted by molar-refractivity contribution is 6.03. The molecule has 1 saturated carbocycles. The van der Waals surface area contributed by atoms with Gasteiger partial charge in [0, 0.05) is 5.92 Å². The van der Waals surface area contributed by atoms with Crippen LogP contribution in [0.4, 0.5) is 0 Å². The molecule has 1 N–H and O–H groups in total. The first-order chi connectivity index (χ1) is 5.59. The highest BCUT2D eigenvalue weighted by Crippen LogP contribution is 2.54. The van der Waals surface area contributed by atoms with Crippen LogP contribution in [0.1, 0.15) is 6.42 Å². The minimum atomic E-state index is -1.34. The standard InChI is InChI=1S/C8H10O4/c1-3-5-4-8(5,6(9)10)7(11)12-2/h3,5H,1,4H2,2H3,(H,9,10)/t5-,8+/m1/s1. The molecule has 0 amide bonds. The van der Waals surface area contributed by atoms with E-state index in [0.29, 0.717) is 6.42 Å². The zero-order chi connectivity index (χ0) is 9.35. The predicted molar refractivity (Wildman–Crippen MR) is 40.4 cm³/mol. The van der Waals surface area contributed by atoms with Gasteiger partial charge in [0.15, 0.2) is 5.41 Å². The van der Waals surface area contributed by atoms with Gasteiger partial charge in [0.25, 0.3) is 0 Å². The molecule has 4 heteroatoms. The maximum atomic E-state index is 11.1. The number of carboxylic acids is 1. The van der Waals surface area contributed by atoms with Gasteiger partial charge in [0.2, 0.25) is 0 Å². The quantitative estimate of drug-likeness (QED) is 0.379. The number of methoxy groups -OCH3 is 1. The molecule has 1 aliphatic rings. The molecule has 0 radical (unpaired) electrons. The van der Waals surface area contributed by atoms with Crippen molar-refractivity contribution in [3.63, 3.8) is 0 Å². The molecule has 0 aromatic carbocycles. The largest absolute Gasteiger partial charge is 0.480 e. The van der Waals surface area contributed by atoms with E-state index in [1.807, 2.05) is 0 Å². The van der Waals surface area contributed by atoms with Crippen LogP contribution in [-0.4, -0.2) is 24.2 Å². The van der Waals surface area contributed by atoms with Crippen molar-refractivity contribution in [1.29, 1.82) is 0 Å². The first-order valence-corrected chi connectivity index (χ1v) is 3.54. The average Bonchev–Trinajstić information content (AvgIpc) is 2.78. The van der Waals surface area contributed by atoms with Crippen LogP contribution in [0.25, 0.3) is 0 Å². The second-order valence-electron chi connectivity index (χ2n) is 2.81. The van der Waals surface area contributed by atoms with Crippen molar-refractivity contribution in [3.05, 3.63) is 12.7 Å². The number of rotatable bonds is 3. The number of hydrogen-bond acceptors (Lipinski definition) is 3. The lowest BCUT2D eigenvalue weighted by molar-refractivity contribution is -0.159. The van der Waals surface area contributed by atoms with Gasteiger partial charge in [-0.2, -0.15) is 0 Å². The molecular weight excluding hydrogens is 160 g/mol. The number of aliphatic carboxylic acids is 1. The Labute approximate surface area is 69.8 Å². The molecule has 0 saturated heterocycles. The molecule has 66 valence electrons. The van der Waals surface area contributed by atoms with Crippen molar-refractivity contribution in [3.8, 4) is 0 Å². The van der Waals surface area contributed by atoms with Crippen LogP contribution in [0, 0.1) is 11.3 Å². The molecule has 1 aliphatic carbocycles. The Hall–Kier alpha value is -1.32. The lowest BCUT2D eigenvalue weighted by Crippen LogP contribution is -2.28. The molecule has 0 unspecified atom stereocenters. The van der Waals surface area contributed by atoms with Crippen molar-refractivity contribution in [2.75, 3.05) is 7.11 Å². The zero-order valence-electron chi connectivity index (χ0n) is 6.74. The number of carboxylic acid groups (broad SMARTS) is 1. The Kier molecular flexibility index (Phi) is 1.92. The van der Waals surface area contributed by atoms with Crippen LogP contribution in [0.15, 0.2) is 12.7 Å². The molecule has 1 fully saturated rings. The van der Waals surface area contributed by atoms with Gasteiger partial charge in [0.05, 0.1) is 7.11 Å². The van der Waals surface area contributed by atoms with E-state index in [1.165, 1.54) is 13.2 Å². The van der Waals surface area contributed by atoms with Gasteiger partial charge in [-0.3, -0.25) is 9.59 Å². The van der Waals surface area contributed by atoms with E-state index in [-0.39, 0.29) is 5.92 Å². The lowest BCUT2D eigenvalue weighted by Gasteiger charge is -2.06. The molecule has 0 aromatic rings. The van der Waals surface area contributed by atoms with Gasteiger partial charge in [-0.05, 0) is 6.42 Å². The number of esters is 1. The third-order valence-electron chi connectivity index (χ3n) is 2.23. The lowest BCUT2D eigenvalue weighted by atomic mass is 10.1. The van der Waals surface area contributed by atoms with E-state index >= 15 is 0 Å². The molecule has 0 heterocycles. The summed E-state index contributed by atoms with van der Waals surface area (Å²) in [5.74, 6) is -2.08. The van der Waals surface area contributed by atoms with E-state index in [0.717, 1.165) is 0 Å². The highest BCUT2D eigenvalue weighted by Gasteiger charge is 2.66.